The van der Waals surface area contributed by atoms with E-state index in [2.05, 4.69) is 5.32 Å². The molecule has 0 saturated heterocycles. The van der Waals surface area contributed by atoms with E-state index >= 15 is 0 Å². The van der Waals surface area contributed by atoms with Crippen LogP contribution in [0.15, 0.2) is 30.3 Å². The highest BCUT2D eigenvalue weighted by Crippen LogP contribution is 2.11. The van der Waals surface area contributed by atoms with Gasteiger partial charge in [0.2, 0.25) is 5.91 Å². The summed E-state index contributed by atoms with van der Waals surface area (Å²) >= 11 is 0. The number of carbonyl (C=O) groups is 1. The molecule has 0 aliphatic heterocycles. The summed E-state index contributed by atoms with van der Waals surface area (Å²) in [6.07, 6.45) is 2.07. The Morgan fingerprint density at radius 2 is 1.89 bits per heavy atom. The first-order valence-corrected chi connectivity index (χ1v) is 6.87. The van der Waals surface area contributed by atoms with Crippen molar-refractivity contribution < 1.29 is 9.53 Å². The van der Waals surface area contributed by atoms with Gasteiger partial charge in [-0.15, -0.1) is 0 Å². The molecule has 4 nitrogen and oxygen atoms in total. The Hall–Kier alpha value is -1.55. The highest BCUT2D eigenvalue weighted by molar-refractivity contribution is 5.85. The molecule has 0 aliphatic carbocycles. The number of hydrogen-bond acceptors (Lipinski definition) is 3. The maximum absolute atomic E-state index is 11.9. The van der Waals surface area contributed by atoms with Crippen molar-refractivity contribution in [2.24, 2.45) is 5.73 Å². The van der Waals surface area contributed by atoms with Gasteiger partial charge in [-0.25, -0.2) is 0 Å². The maximum atomic E-state index is 11.9. The third-order valence-electron chi connectivity index (χ3n) is 3.33. The fraction of sp³-hybridized carbons (Fsp3) is 0.533. The number of rotatable bonds is 8. The zero-order valence-electron chi connectivity index (χ0n) is 11.8. The van der Waals surface area contributed by atoms with Gasteiger partial charge >= 0.3 is 0 Å². The summed E-state index contributed by atoms with van der Waals surface area (Å²) in [6, 6.07) is 9.64. The first kappa shape index (κ1) is 15.5. The van der Waals surface area contributed by atoms with Crippen molar-refractivity contribution in [3.05, 3.63) is 30.3 Å². The third-order valence-corrected chi connectivity index (χ3v) is 3.33. The Morgan fingerprint density at radius 3 is 2.47 bits per heavy atom. The molecule has 0 radical (unpaired) electrons. The van der Waals surface area contributed by atoms with Gasteiger partial charge in [0, 0.05) is 6.54 Å². The van der Waals surface area contributed by atoms with Gasteiger partial charge in [0.1, 0.15) is 5.75 Å². The quantitative estimate of drug-likeness (QED) is 0.707. The molecule has 1 aromatic carbocycles. The van der Waals surface area contributed by atoms with Crippen molar-refractivity contribution in [1.29, 1.82) is 0 Å². The van der Waals surface area contributed by atoms with Gasteiger partial charge in [0.25, 0.3) is 0 Å². The summed E-state index contributed by atoms with van der Waals surface area (Å²) in [5, 5.41) is 2.87. The van der Waals surface area contributed by atoms with Crippen LogP contribution >= 0.6 is 0 Å². The molecule has 106 valence electrons. The summed E-state index contributed by atoms with van der Waals surface area (Å²) in [6.45, 7) is 5.04. The van der Waals surface area contributed by atoms with E-state index in [1.807, 2.05) is 44.2 Å². The monoisotopic (exact) mass is 264 g/mol. The van der Waals surface area contributed by atoms with E-state index in [0.717, 1.165) is 12.2 Å². The number of hydrogen-bond donors (Lipinski definition) is 2. The molecule has 0 spiro atoms. The van der Waals surface area contributed by atoms with Crippen LogP contribution in [-0.2, 0) is 4.79 Å². The van der Waals surface area contributed by atoms with E-state index in [4.69, 9.17) is 10.5 Å². The first-order chi connectivity index (χ1) is 9.12. The molecule has 19 heavy (non-hydrogen) atoms. The smallest absolute Gasteiger partial charge is 0.240 e. The molecule has 1 aromatic rings. The van der Waals surface area contributed by atoms with Gasteiger partial charge in [-0.1, -0.05) is 32.0 Å². The number of benzene rings is 1. The standard InChI is InChI=1S/C15H24N2O2/c1-3-15(16,4-2)14(18)17-11-8-12-19-13-9-6-5-7-10-13/h5-7,9-10H,3-4,8,11-12,16H2,1-2H3,(H,17,18). The Labute approximate surface area is 115 Å². The molecular weight excluding hydrogens is 240 g/mol. The molecule has 0 saturated carbocycles. The van der Waals surface area contributed by atoms with Crippen LogP contribution in [0.2, 0.25) is 0 Å². The molecule has 0 unspecified atom stereocenters. The first-order valence-electron chi connectivity index (χ1n) is 6.87. The van der Waals surface area contributed by atoms with Gasteiger partial charge in [-0.05, 0) is 31.4 Å². The van der Waals surface area contributed by atoms with Crippen molar-refractivity contribution in [2.45, 2.75) is 38.6 Å². The predicted octanol–water partition coefficient (Wildman–Crippen LogP) is 2.09. The van der Waals surface area contributed by atoms with E-state index in [1.165, 1.54) is 0 Å². The molecular formula is C15H24N2O2. The van der Waals surface area contributed by atoms with Crippen LogP contribution in [0.4, 0.5) is 0 Å². The van der Waals surface area contributed by atoms with Crippen LogP contribution in [0.3, 0.4) is 0 Å². The van der Waals surface area contributed by atoms with Crippen LogP contribution in [0, 0.1) is 0 Å². The highest BCUT2D eigenvalue weighted by atomic mass is 16.5. The predicted molar refractivity (Wildman–Crippen MR) is 77.1 cm³/mol. The van der Waals surface area contributed by atoms with Gasteiger partial charge in [-0.2, -0.15) is 0 Å². The number of amides is 1. The van der Waals surface area contributed by atoms with Crippen LogP contribution < -0.4 is 15.8 Å². The van der Waals surface area contributed by atoms with Crippen molar-refractivity contribution >= 4 is 5.91 Å². The fourth-order valence-electron chi connectivity index (χ4n) is 1.73. The normalized spacial score (nSPS) is 11.1. The molecule has 1 rings (SSSR count). The van der Waals surface area contributed by atoms with E-state index in [-0.39, 0.29) is 5.91 Å². The Morgan fingerprint density at radius 1 is 1.26 bits per heavy atom. The highest BCUT2D eigenvalue weighted by Gasteiger charge is 2.29. The van der Waals surface area contributed by atoms with E-state index < -0.39 is 5.54 Å². The summed E-state index contributed by atoms with van der Waals surface area (Å²) in [7, 11) is 0. The van der Waals surface area contributed by atoms with Crippen LogP contribution in [0.1, 0.15) is 33.1 Å². The van der Waals surface area contributed by atoms with Gasteiger partial charge in [0.15, 0.2) is 0 Å². The average Bonchev–Trinajstić information content (AvgIpc) is 2.47. The third kappa shape index (κ3) is 4.91. The van der Waals surface area contributed by atoms with Crippen LogP contribution in [0.5, 0.6) is 5.75 Å². The number of para-hydroxylation sites is 1. The Bertz CT molecular complexity index is 375. The van der Waals surface area contributed by atoms with Crippen LogP contribution in [0.25, 0.3) is 0 Å². The summed E-state index contributed by atoms with van der Waals surface area (Å²) in [5.41, 5.74) is 5.27. The van der Waals surface area contributed by atoms with Crippen molar-refractivity contribution in [3.8, 4) is 5.75 Å². The van der Waals surface area contributed by atoms with Crippen LogP contribution in [-0.4, -0.2) is 24.6 Å². The zero-order valence-corrected chi connectivity index (χ0v) is 11.8. The molecule has 0 heterocycles. The summed E-state index contributed by atoms with van der Waals surface area (Å²) < 4.78 is 5.54. The summed E-state index contributed by atoms with van der Waals surface area (Å²) in [4.78, 5) is 11.9. The minimum absolute atomic E-state index is 0.0720. The number of nitrogens with one attached hydrogen (secondary N) is 1. The minimum atomic E-state index is -0.736. The molecule has 0 bridgehead atoms. The van der Waals surface area contributed by atoms with E-state index in [0.29, 0.717) is 26.0 Å². The lowest BCUT2D eigenvalue weighted by Crippen LogP contribution is -2.53. The molecule has 4 heteroatoms. The average molecular weight is 264 g/mol. The van der Waals surface area contributed by atoms with E-state index in [9.17, 15) is 4.79 Å². The lowest BCUT2D eigenvalue weighted by molar-refractivity contribution is -0.126. The maximum Gasteiger partial charge on any atom is 0.240 e. The van der Waals surface area contributed by atoms with Crippen molar-refractivity contribution in [3.63, 3.8) is 0 Å². The molecule has 0 fully saturated rings. The van der Waals surface area contributed by atoms with E-state index in [1.54, 1.807) is 0 Å². The molecule has 1 amide bonds. The van der Waals surface area contributed by atoms with Gasteiger partial charge in [-0.3, -0.25) is 4.79 Å². The molecule has 0 aromatic heterocycles. The fourth-order valence-corrected chi connectivity index (χ4v) is 1.73. The second-order valence-corrected chi connectivity index (χ2v) is 4.63. The summed E-state index contributed by atoms with van der Waals surface area (Å²) in [5.74, 6) is 0.779. The number of ether oxygens (including phenoxy) is 1. The SMILES string of the molecule is CCC(N)(CC)C(=O)NCCCOc1ccccc1. The zero-order chi connectivity index (χ0) is 14.1. The minimum Gasteiger partial charge on any atom is -0.494 e. The van der Waals surface area contributed by atoms with Crippen molar-refractivity contribution in [1.82, 2.24) is 5.32 Å². The Kier molecular flexibility index (Phi) is 6.36. The number of nitrogens with two attached hydrogens (primary N) is 1. The van der Waals surface area contributed by atoms with Crippen molar-refractivity contribution in [2.75, 3.05) is 13.2 Å². The lowest BCUT2D eigenvalue weighted by atomic mass is 9.93. The number of carbonyl (C=O) groups excluding carboxylic acids is 1. The largest absolute Gasteiger partial charge is 0.494 e. The second kappa shape index (κ2) is 7.79. The van der Waals surface area contributed by atoms with Gasteiger partial charge < -0.3 is 15.8 Å². The topological polar surface area (TPSA) is 64.4 Å². The molecule has 0 aliphatic rings. The lowest BCUT2D eigenvalue weighted by Gasteiger charge is -2.25. The molecule has 3 N–H and O–H groups in total. The molecule has 0 atom stereocenters. The second-order valence-electron chi connectivity index (χ2n) is 4.63. The Balaban J connectivity index is 2.19. The van der Waals surface area contributed by atoms with Gasteiger partial charge in [0.05, 0.1) is 12.1 Å².